The molecule has 0 spiro atoms. The van der Waals surface area contributed by atoms with E-state index in [1.54, 1.807) is 0 Å². The lowest BCUT2D eigenvalue weighted by molar-refractivity contribution is -0.0470. The van der Waals surface area contributed by atoms with Gasteiger partial charge in [-0.3, -0.25) is 0 Å². The van der Waals surface area contributed by atoms with Crippen LogP contribution < -0.4 is 5.73 Å². The van der Waals surface area contributed by atoms with Gasteiger partial charge in [0.15, 0.2) is 0 Å². The molecule has 0 aromatic heterocycles. The molecule has 0 fully saturated rings. The van der Waals surface area contributed by atoms with Gasteiger partial charge in [-0.1, -0.05) is 91.0 Å². The van der Waals surface area contributed by atoms with Crippen LogP contribution in [0.25, 0.3) is 0 Å². The number of rotatable bonds is 11. The Bertz CT molecular complexity index is 822. The zero-order valence-corrected chi connectivity index (χ0v) is 17.2. The maximum atomic E-state index is 10.6. The van der Waals surface area contributed by atoms with Gasteiger partial charge in [0.1, 0.15) is 18.3 Å². The molecular weight excluding hydrogens is 394 g/mol. The van der Waals surface area contributed by atoms with E-state index < -0.39 is 17.8 Å². The van der Waals surface area contributed by atoms with Crippen molar-refractivity contribution < 1.29 is 24.1 Å². The summed E-state index contributed by atoms with van der Waals surface area (Å²) in [7, 11) is 0. The molecule has 0 aliphatic heterocycles. The van der Waals surface area contributed by atoms with Crippen molar-refractivity contribution in [3.05, 3.63) is 108 Å². The number of aliphatic hydroxyl groups is 1. The van der Waals surface area contributed by atoms with E-state index in [9.17, 15) is 9.90 Å². The number of carbonyl (C=O) groups excluding carboxylic acids is 1. The van der Waals surface area contributed by atoms with Crippen LogP contribution in [0.2, 0.25) is 0 Å². The zero-order valence-electron chi connectivity index (χ0n) is 17.2. The van der Waals surface area contributed by atoms with Crippen molar-refractivity contribution in [3.8, 4) is 0 Å². The van der Waals surface area contributed by atoms with E-state index in [-0.39, 0.29) is 26.4 Å². The van der Waals surface area contributed by atoms with Gasteiger partial charge in [0.05, 0.1) is 19.8 Å². The first kappa shape index (κ1) is 22.5. The summed E-state index contributed by atoms with van der Waals surface area (Å²) in [5.74, 6) is 0. The SMILES string of the molecule is NC(=O)OC[C@H](O)COCCOC(c1ccccc1)(c1ccccc1)c1ccccc1. The van der Waals surface area contributed by atoms with Crippen LogP contribution in [0.5, 0.6) is 0 Å². The average Bonchev–Trinajstić information content (AvgIpc) is 2.82. The molecule has 3 aromatic rings. The van der Waals surface area contributed by atoms with E-state index in [0.29, 0.717) is 0 Å². The molecule has 0 heterocycles. The summed E-state index contributed by atoms with van der Waals surface area (Å²) in [6, 6.07) is 30.2. The van der Waals surface area contributed by atoms with Gasteiger partial charge in [-0.05, 0) is 16.7 Å². The lowest BCUT2D eigenvalue weighted by atomic mass is 9.80. The van der Waals surface area contributed by atoms with Crippen molar-refractivity contribution in [2.75, 3.05) is 26.4 Å². The van der Waals surface area contributed by atoms with Gasteiger partial charge < -0.3 is 25.1 Å². The van der Waals surface area contributed by atoms with Crippen molar-refractivity contribution in [2.45, 2.75) is 11.7 Å². The first-order valence-corrected chi connectivity index (χ1v) is 10.1. The van der Waals surface area contributed by atoms with Gasteiger partial charge in [0, 0.05) is 0 Å². The van der Waals surface area contributed by atoms with Crippen LogP contribution >= 0.6 is 0 Å². The lowest BCUT2D eigenvalue weighted by Gasteiger charge is -2.36. The lowest BCUT2D eigenvalue weighted by Crippen LogP contribution is -2.34. The van der Waals surface area contributed by atoms with Crippen LogP contribution in [0.3, 0.4) is 0 Å². The maximum absolute atomic E-state index is 10.6. The number of carbonyl (C=O) groups is 1. The fraction of sp³-hybridized carbons (Fsp3) is 0.240. The van der Waals surface area contributed by atoms with Crippen molar-refractivity contribution in [1.29, 1.82) is 0 Å². The molecule has 0 saturated heterocycles. The molecule has 0 unspecified atom stereocenters. The van der Waals surface area contributed by atoms with Crippen molar-refractivity contribution in [1.82, 2.24) is 0 Å². The van der Waals surface area contributed by atoms with Crippen LogP contribution in [-0.2, 0) is 19.8 Å². The minimum Gasteiger partial charge on any atom is -0.447 e. The molecule has 0 radical (unpaired) electrons. The zero-order chi connectivity index (χ0) is 21.9. The normalized spacial score (nSPS) is 12.3. The fourth-order valence-corrected chi connectivity index (χ4v) is 3.47. The Kier molecular flexibility index (Phi) is 8.18. The number of nitrogens with two attached hydrogens (primary N) is 1. The summed E-state index contributed by atoms with van der Waals surface area (Å²) < 4.78 is 16.6. The molecule has 1 atom stereocenters. The fourth-order valence-electron chi connectivity index (χ4n) is 3.47. The van der Waals surface area contributed by atoms with Gasteiger partial charge in [0.25, 0.3) is 0 Å². The molecule has 162 valence electrons. The summed E-state index contributed by atoms with van der Waals surface area (Å²) in [5, 5.41) is 9.79. The Morgan fingerprint density at radius 3 is 1.65 bits per heavy atom. The van der Waals surface area contributed by atoms with Crippen molar-refractivity contribution >= 4 is 6.09 Å². The van der Waals surface area contributed by atoms with E-state index in [4.69, 9.17) is 15.2 Å². The predicted molar refractivity (Wildman–Crippen MR) is 118 cm³/mol. The molecule has 0 aliphatic rings. The Morgan fingerprint density at radius 1 is 0.774 bits per heavy atom. The molecule has 0 saturated carbocycles. The van der Waals surface area contributed by atoms with Crippen LogP contribution in [0.15, 0.2) is 91.0 Å². The minimum atomic E-state index is -0.949. The van der Waals surface area contributed by atoms with E-state index in [1.807, 2.05) is 91.0 Å². The summed E-state index contributed by atoms with van der Waals surface area (Å²) in [6.45, 7) is 0.327. The molecule has 6 heteroatoms. The van der Waals surface area contributed by atoms with Crippen LogP contribution in [0.1, 0.15) is 16.7 Å². The van der Waals surface area contributed by atoms with Gasteiger partial charge in [-0.2, -0.15) is 0 Å². The molecule has 3 N–H and O–H groups in total. The Balaban J connectivity index is 1.79. The van der Waals surface area contributed by atoms with Gasteiger partial charge in [-0.25, -0.2) is 4.79 Å². The highest BCUT2D eigenvalue weighted by Gasteiger charge is 2.37. The number of ether oxygens (including phenoxy) is 3. The van der Waals surface area contributed by atoms with Crippen LogP contribution in [-0.4, -0.2) is 43.7 Å². The highest BCUT2D eigenvalue weighted by atomic mass is 16.6. The third kappa shape index (κ3) is 5.92. The standard InChI is InChI=1S/C25H27NO5/c26-24(28)30-19-23(27)18-29-16-17-31-25(20-10-4-1-5-11-20,21-12-6-2-7-13-21)22-14-8-3-9-15-22/h1-15,23,27H,16-19H2,(H2,26,28)/t23-/m1/s1. The highest BCUT2D eigenvalue weighted by Crippen LogP contribution is 2.40. The van der Waals surface area contributed by atoms with E-state index in [0.717, 1.165) is 16.7 Å². The maximum Gasteiger partial charge on any atom is 0.404 e. The summed E-state index contributed by atoms with van der Waals surface area (Å²) in [5.41, 5.74) is 7.09. The van der Waals surface area contributed by atoms with Gasteiger partial charge >= 0.3 is 6.09 Å². The average molecular weight is 421 g/mol. The molecular formula is C25H27NO5. The monoisotopic (exact) mass is 421 g/mol. The largest absolute Gasteiger partial charge is 0.447 e. The predicted octanol–water partition coefficient (Wildman–Crippen LogP) is 3.47. The van der Waals surface area contributed by atoms with Crippen LogP contribution in [0, 0.1) is 0 Å². The van der Waals surface area contributed by atoms with Gasteiger partial charge in [0.2, 0.25) is 0 Å². The summed E-state index contributed by atoms with van der Waals surface area (Å²) >= 11 is 0. The van der Waals surface area contributed by atoms with E-state index >= 15 is 0 Å². The Labute approximate surface area is 182 Å². The molecule has 31 heavy (non-hydrogen) atoms. The summed E-state index contributed by atoms with van der Waals surface area (Å²) in [4.78, 5) is 10.6. The number of benzene rings is 3. The Morgan fingerprint density at radius 2 is 1.23 bits per heavy atom. The highest BCUT2D eigenvalue weighted by molar-refractivity contribution is 5.64. The Hall–Kier alpha value is -3.19. The van der Waals surface area contributed by atoms with Crippen molar-refractivity contribution in [2.24, 2.45) is 5.73 Å². The van der Waals surface area contributed by atoms with E-state index in [1.165, 1.54) is 0 Å². The topological polar surface area (TPSA) is 91.0 Å². The first-order valence-electron chi connectivity index (χ1n) is 10.1. The molecule has 0 aliphatic carbocycles. The number of hydrogen-bond donors (Lipinski definition) is 2. The number of amides is 1. The molecule has 1 amide bonds. The summed E-state index contributed by atoms with van der Waals surface area (Å²) in [6.07, 6.45) is -1.88. The molecule has 3 aromatic carbocycles. The number of primary amides is 1. The van der Waals surface area contributed by atoms with Crippen molar-refractivity contribution in [3.63, 3.8) is 0 Å². The minimum absolute atomic E-state index is 0.00561. The quantitative estimate of drug-likeness (QED) is 0.365. The third-order valence-electron chi connectivity index (χ3n) is 4.82. The van der Waals surface area contributed by atoms with Crippen LogP contribution in [0.4, 0.5) is 4.79 Å². The number of hydrogen-bond acceptors (Lipinski definition) is 5. The van der Waals surface area contributed by atoms with E-state index in [2.05, 4.69) is 4.74 Å². The second kappa shape index (κ2) is 11.3. The van der Waals surface area contributed by atoms with Gasteiger partial charge in [-0.15, -0.1) is 0 Å². The first-order chi connectivity index (χ1) is 15.1. The second-order valence-corrected chi connectivity index (χ2v) is 6.99. The second-order valence-electron chi connectivity index (χ2n) is 6.99. The molecule has 6 nitrogen and oxygen atoms in total. The third-order valence-corrected chi connectivity index (χ3v) is 4.82. The molecule has 0 bridgehead atoms. The molecule has 3 rings (SSSR count). The smallest absolute Gasteiger partial charge is 0.404 e. The number of aliphatic hydroxyl groups excluding tert-OH is 1.